The number of furan rings is 1. The molecule has 1 aromatic carbocycles. The first-order valence-corrected chi connectivity index (χ1v) is 9.17. The predicted octanol–water partition coefficient (Wildman–Crippen LogP) is 1.98. The molecule has 1 N–H and O–H groups in total. The van der Waals surface area contributed by atoms with Crippen molar-refractivity contribution < 1.29 is 23.5 Å². The summed E-state index contributed by atoms with van der Waals surface area (Å²) < 4.78 is 10.8. The summed E-state index contributed by atoms with van der Waals surface area (Å²) in [4.78, 5) is 36.2. The number of aryl methyl sites for hydroxylation is 2. The molecule has 2 aromatic heterocycles. The van der Waals surface area contributed by atoms with Crippen LogP contribution in [0.4, 0.5) is 0 Å². The van der Waals surface area contributed by atoms with E-state index >= 15 is 0 Å². The van der Waals surface area contributed by atoms with Crippen LogP contribution in [0, 0.1) is 19.8 Å². The molecule has 0 saturated carbocycles. The van der Waals surface area contributed by atoms with E-state index in [1.807, 2.05) is 19.9 Å². The lowest BCUT2D eigenvalue weighted by molar-refractivity contribution is -0.309. The molecular formula is C21H22NO6-. The van der Waals surface area contributed by atoms with E-state index in [1.54, 1.807) is 26.2 Å². The second-order valence-corrected chi connectivity index (χ2v) is 7.18. The van der Waals surface area contributed by atoms with Crippen LogP contribution < -0.4 is 16.0 Å². The molecular weight excluding hydrogens is 362 g/mol. The average Bonchev–Trinajstić information content (AvgIpc) is 3.01. The van der Waals surface area contributed by atoms with Crippen molar-refractivity contribution >= 4 is 33.8 Å². The summed E-state index contributed by atoms with van der Waals surface area (Å²) in [7, 11) is 0. The van der Waals surface area contributed by atoms with Crippen LogP contribution >= 0.6 is 0 Å². The maximum atomic E-state index is 12.4. The maximum absolute atomic E-state index is 12.4. The maximum Gasteiger partial charge on any atom is 0.340 e. The Labute approximate surface area is 161 Å². The number of carbonyl (C=O) groups is 2. The van der Waals surface area contributed by atoms with Gasteiger partial charge in [-0.2, -0.15) is 0 Å². The molecule has 1 amide bonds. The van der Waals surface area contributed by atoms with E-state index in [2.05, 4.69) is 5.32 Å². The van der Waals surface area contributed by atoms with Crippen LogP contribution in [0.1, 0.15) is 37.0 Å². The van der Waals surface area contributed by atoms with Gasteiger partial charge in [-0.1, -0.05) is 20.3 Å². The molecule has 3 aromatic rings. The highest BCUT2D eigenvalue weighted by molar-refractivity contribution is 5.96. The van der Waals surface area contributed by atoms with Gasteiger partial charge in [-0.05, 0) is 37.0 Å². The van der Waals surface area contributed by atoms with Crippen LogP contribution in [0.2, 0.25) is 0 Å². The van der Waals surface area contributed by atoms with E-state index < -0.39 is 23.5 Å². The summed E-state index contributed by atoms with van der Waals surface area (Å²) in [5, 5.41) is 15.4. The van der Waals surface area contributed by atoms with Gasteiger partial charge < -0.3 is 24.1 Å². The quantitative estimate of drug-likeness (QED) is 0.650. The molecule has 0 unspecified atom stereocenters. The van der Waals surface area contributed by atoms with Crippen molar-refractivity contribution in [2.75, 3.05) is 0 Å². The monoisotopic (exact) mass is 384 g/mol. The number of nitrogens with one attached hydrogen (secondary N) is 1. The normalized spacial score (nSPS) is 13.6. The van der Waals surface area contributed by atoms with E-state index in [4.69, 9.17) is 8.83 Å². The van der Waals surface area contributed by atoms with Crippen LogP contribution in [0.15, 0.2) is 32.0 Å². The number of fused-ring (bicyclic) bond motifs is 2. The van der Waals surface area contributed by atoms with E-state index in [0.29, 0.717) is 28.5 Å². The Morgan fingerprint density at radius 1 is 1.18 bits per heavy atom. The minimum absolute atomic E-state index is 0.201. The van der Waals surface area contributed by atoms with Crippen molar-refractivity contribution in [2.24, 2.45) is 5.92 Å². The van der Waals surface area contributed by atoms with Crippen LogP contribution in [-0.4, -0.2) is 17.9 Å². The Morgan fingerprint density at radius 3 is 2.54 bits per heavy atom. The molecule has 0 aliphatic carbocycles. The molecule has 7 heteroatoms. The zero-order chi connectivity index (χ0) is 20.6. The van der Waals surface area contributed by atoms with E-state index in [1.165, 1.54) is 0 Å². The molecule has 0 radical (unpaired) electrons. The van der Waals surface area contributed by atoms with Gasteiger partial charge in [-0.3, -0.25) is 4.79 Å². The number of carboxylic acids is 1. The molecule has 0 saturated heterocycles. The highest BCUT2D eigenvalue weighted by Crippen LogP contribution is 2.28. The van der Waals surface area contributed by atoms with Crippen LogP contribution in [-0.2, 0) is 16.0 Å². The number of carbonyl (C=O) groups excluding carboxylic acids is 2. The number of amides is 1. The van der Waals surface area contributed by atoms with Gasteiger partial charge in [0.1, 0.15) is 11.2 Å². The third kappa shape index (κ3) is 3.52. The van der Waals surface area contributed by atoms with Crippen molar-refractivity contribution in [1.29, 1.82) is 0 Å². The fourth-order valence-corrected chi connectivity index (χ4v) is 3.30. The minimum atomic E-state index is -1.34. The first-order chi connectivity index (χ1) is 13.2. The number of aliphatic carboxylic acids is 1. The molecule has 0 bridgehead atoms. The molecule has 0 fully saturated rings. The summed E-state index contributed by atoms with van der Waals surface area (Å²) in [5.41, 5.74) is 2.14. The number of benzene rings is 1. The van der Waals surface area contributed by atoms with Gasteiger partial charge in [0.05, 0.1) is 30.3 Å². The SMILES string of the molecule is CC[C@@H](C)[C@H](NC(=O)Cc1c(C)c2cc3c(C)coc3cc2oc1=O)C(=O)[O-]. The lowest BCUT2D eigenvalue weighted by atomic mass is 9.98. The molecule has 28 heavy (non-hydrogen) atoms. The Balaban J connectivity index is 1.97. The van der Waals surface area contributed by atoms with Gasteiger partial charge in [0.25, 0.3) is 0 Å². The van der Waals surface area contributed by atoms with Gasteiger partial charge in [0.2, 0.25) is 5.91 Å². The molecule has 3 rings (SSSR count). The van der Waals surface area contributed by atoms with Crippen LogP contribution in [0.25, 0.3) is 21.9 Å². The second-order valence-electron chi connectivity index (χ2n) is 7.18. The van der Waals surface area contributed by atoms with Crippen LogP contribution in [0.3, 0.4) is 0 Å². The highest BCUT2D eigenvalue weighted by Gasteiger charge is 2.22. The molecule has 2 heterocycles. The van der Waals surface area contributed by atoms with Crippen molar-refractivity contribution in [1.82, 2.24) is 5.32 Å². The number of carboxylic acid groups (broad SMARTS) is 1. The van der Waals surface area contributed by atoms with Crippen LogP contribution in [0.5, 0.6) is 0 Å². The Kier molecular flexibility index (Phi) is 5.27. The third-order valence-corrected chi connectivity index (χ3v) is 5.30. The van der Waals surface area contributed by atoms with Gasteiger partial charge >= 0.3 is 5.63 Å². The molecule has 2 atom stereocenters. The summed E-state index contributed by atoms with van der Waals surface area (Å²) >= 11 is 0. The summed E-state index contributed by atoms with van der Waals surface area (Å²) in [6.07, 6.45) is 1.92. The topological polar surface area (TPSA) is 113 Å². The average molecular weight is 384 g/mol. The standard InChI is InChI=1S/C21H23NO6/c1-5-10(2)19(20(24)25)22-18(23)7-15-12(4)14-6-13-11(3)9-27-16(13)8-17(14)28-21(15)26/h6,8-10,19H,5,7H2,1-4H3,(H,22,23)(H,24,25)/p-1/t10-,19+/m1/s1. The van der Waals surface area contributed by atoms with Gasteiger partial charge in [-0.15, -0.1) is 0 Å². The Morgan fingerprint density at radius 2 is 1.89 bits per heavy atom. The summed E-state index contributed by atoms with van der Waals surface area (Å²) in [5.74, 6) is -2.20. The van der Waals surface area contributed by atoms with E-state index in [0.717, 1.165) is 10.9 Å². The van der Waals surface area contributed by atoms with Gasteiger partial charge in [0.15, 0.2) is 0 Å². The van der Waals surface area contributed by atoms with Crippen molar-refractivity contribution in [3.8, 4) is 0 Å². The third-order valence-electron chi connectivity index (χ3n) is 5.30. The number of hydrogen-bond donors (Lipinski definition) is 1. The van der Waals surface area contributed by atoms with Gasteiger partial charge in [0, 0.05) is 16.8 Å². The van der Waals surface area contributed by atoms with Crippen molar-refractivity contribution in [2.45, 2.75) is 46.6 Å². The first kappa shape index (κ1) is 19.7. The Hall–Kier alpha value is -3.09. The zero-order valence-corrected chi connectivity index (χ0v) is 16.3. The number of rotatable bonds is 6. The lowest BCUT2D eigenvalue weighted by Gasteiger charge is -2.25. The summed E-state index contributed by atoms with van der Waals surface area (Å²) in [6, 6.07) is 2.41. The predicted molar refractivity (Wildman–Crippen MR) is 102 cm³/mol. The second kappa shape index (κ2) is 7.50. The lowest BCUT2D eigenvalue weighted by Crippen LogP contribution is -2.51. The highest BCUT2D eigenvalue weighted by atomic mass is 16.4. The smallest absolute Gasteiger partial charge is 0.340 e. The molecule has 148 valence electrons. The van der Waals surface area contributed by atoms with E-state index in [-0.39, 0.29) is 17.9 Å². The summed E-state index contributed by atoms with van der Waals surface area (Å²) in [6.45, 7) is 7.20. The molecule has 0 spiro atoms. The van der Waals surface area contributed by atoms with Crippen molar-refractivity contribution in [3.05, 3.63) is 45.5 Å². The number of hydrogen-bond acceptors (Lipinski definition) is 6. The molecule has 0 aliphatic rings. The fraction of sp³-hybridized carbons (Fsp3) is 0.381. The Bertz CT molecular complexity index is 1120. The minimum Gasteiger partial charge on any atom is -0.548 e. The first-order valence-electron chi connectivity index (χ1n) is 9.17. The van der Waals surface area contributed by atoms with Gasteiger partial charge in [-0.25, -0.2) is 4.79 Å². The molecule has 7 nitrogen and oxygen atoms in total. The fourth-order valence-electron chi connectivity index (χ4n) is 3.30. The van der Waals surface area contributed by atoms with Crippen molar-refractivity contribution in [3.63, 3.8) is 0 Å². The largest absolute Gasteiger partial charge is 0.548 e. The van der Waals surface area contributed by atoms with E-state index in [9.17, 15) is 19.5 Å². The zero-order valence-electron chi connectivity index (χ0n) is 16.3. The molecule has 0 aliphatic heterocycles.